The Morgan fingerprint density at radius 3 is 1.72 bits per heavy atom. The van der Waals surface area contributed by atoms with Crippen molar-refractivity contribution in [3.8, 4) is 22.5 Å². The van der Waals surface area contributed by atoms with Crippen LogP contribution in [0.25, 0.3) is 22.5 Å². The van der Waals surface area contributed by atoms with E-state index in [1.807, 2.05) is 0 Å². The van der Waals surface area contributed by atoms with Crippen molar-refractivity contribution in [3.63, 3.8) is 0 Å². The zero-order valence-electron chi connectivity index (χ0n) is 20.6. The number of aromatic nitrogens is 4. The molecule has 1 saturated heterocycles. The number of aromatic amines is 2. The van der Waals surface area contributed by atoms with Crippen molar-refractivity contribution in [2.75, 3.05) is 38.1 Å². The van der Waals surface area contributed by atoms with Gasteiger partial charge in [-0.3, -0.25) is 9.59 Å². The Bertz CT molecular complexity index is 1420. The fourth-order valence-corrected chi connectivity index (χ4v) is 4.03. The quantitative estimate of drug-likeness (QED) is 0.459. The molecule has 2 aromatic heterocycles. The maximum Gasteiger partial charge on any atom is 0.264 e. The van der Waals surface area contributed by atoms with E-state index >= 15 is 0 Å². The Morgan fingerprint density at radius 1 is 0.722 bits per heavy atom. The third-order valence-corrected chi connectivity index (χ3v) is 6.15. The van der Waals surface area contributed by atoms with E-state index in [1.54, 1.807) is 31.2 Å². The first-order chi connectivity index (χ1) is 17.3. The van der Waals surface area contributed by atoms with Crippen molar-refractivity contribution >= 4 is 5.69 Å². The molecule has 0 atom stereocenters. The minimum absolute atomic E-state index is 0.176. The van der Waals surface area contributed by atoms with Crippen molar-refractivity contribution in [1.29, 1.82) is 0 Å². The van der Waals surface area contributed by atoms with E-state index < -0.39 is 0 Å². The lowest BCUT2D eigenvalue weighted by atomic mass is 10.1. The predicted molar refractivity (Wildman–Crippen MR) is 140 cm³/mol. The molecule has 0 unspecified atom stereocenters. The van der Waals surface area contributed by atoms with Gasteiger partial charge in [0.15, 0.2) is 0 Å². The van der Waals surface area contributed by atoms with Crippen LogP contribution in [-0.2, 0) is 0 Å². The molecule has 0 radical (unpaired) electrons. The molecule has 1 fully saturated rings. The minimum Gasteiger partial charge on any atom is -0.369 e. The van der Waals surface area contributed by atoms with Gasteiger partial charge in [-0.05, 0) is 74.5 Å². The number of hydrogen-bond donors (Lipinski definition) is 2. The lowest BCUT2D eigenvalue weighted by Crippen LogP contribution is -2.44. The second-order valence-electron chi connectivity index (χ2n) is 8.87. The summed E-state index contributed by atoms with van der Waals surface area (Å²) < 4.78 is 13.0. The summed E-state index contributed by atoms with van der Waals surface area (Å²) in [5.41, 5.74) is 5.89. The number of halogens is 1. The summed E-state index contributed by atoms with van der Waals surface area (Å²) in [5.74, 6) is -0.247. The van der Waals surface area contributed by atoms with Crippen LogP contribution in [0.5, 0.6) is 0 Å². The van der Waals surface area contributed by atoms with E-state index in [1.165, 1.54) is 29.4 Å². The Balaban J connectivity index is 0.000000179. The number of hydrogen-bond acceptors (Lipinski definition) is 6. The van der Waals surface area contributed by atoms with E-state index in [2.05, 4.69) is 62.4 Å². The lowest BCUT2D eigenvalue weighted by molar-refractivity contribution is 0.312. The van der Waals surface area contributed by atoms with Crippen LogP contribution in [0.4, 0.5) is 10.1 Å². The maximum atomic E-state index is 13.0. The highest BCUT2D eigenvalue weighted by Crippen LogP contribution is 2.26. The van der Waals surface area contributed by atoms with Gasteiger partial charge in [0, 0.05) is 55.1 Å². The molecule has 4 aromatic rings. The largest absolute Gasteiger partial charge is 0.369 e. The molecule has 1 aliphatic rings. The summed E-state index contributed by atoms with van der Waals surface area (Å²) in [5, 5.41) is 12.8. The predicted octanol–water partition coefficient (Wildman–Crippen LogP) is 3.38. The summed E-state index contributed by atoms with van der Waals surface area (Å²) in [6, 6.07) is 17.3. The van der Waals surface area contributed by atoms with Crippen molar-refractivity contribution in [2.45, 2.75) is 13.8 Å². The Labute approximate surface area is 208 Å². The zero-order chi connectivity index (χ0) is 25.7. The monoisotopic (exact) mass is 488 g/mol. The molecule has 186 valence electrons. The average Bonchev–Trinajstić information content (AvgIpc) is 2.88. The van der Waals surface area contributed by atoms with Crippen molar-refractivity contribution in [3.05, 3.63) is 98.3 Å². The number of nitrogens with one attached hydrogen (secondary N) is 2. The smallest absolute Gasteiger partial charge is 0.264 e. The van der Waals surface area contributed by atoms with Gasteiger partial charge in [-0.15, -0.1) is 0 Å². The van der Waals surface area contributed by atoms with E-state index in [9.17, 15) is 14.0 Å². The Kier molecular flexibility index (Phi) is 7.70. The van der Waals surface area contributed by atoms with Gasteiger partial charge in [0.1, 0.15) is 5.82 Å². The third-order valence-electron chi connectivity index (χ3n) is 6.15. The number of likely N-dealkylation sites (N-methyl/N-ethyl adjacent to an activating group) is 1. The molecule has 3 heterocycles. The highest BCUT2D eigenvalue weighted by Gasteiger charge is 2.16. The number of benzene rings is 2. The molecule has 5 rings (SSSR count). The first kappa shape index (κ1) is 25.0. The molecule has 9 heteroatoms. The van der Waals surface area contributed by atoms with Crippen molar-refractivity contribution in [1.82, 2.24) is 25.3 Å². The standard InChI is InChI=1S/C16H20N4O.C11H9FN2O/c1-12-11-13(14-4-6-16(21)18-17-14)3-5-15(12)20-9-7-19(2)8-10-20;1-7-6-8(2-3-9(7)12)10-4-5-11(15)14-13-10/h3-6,11H,7-10H2,1-2H3,(H,18,21);2-6H,1H3,(H,14,15). The van der Waals surface area contributed by atoms with Crippen LogP contribution < -0.4 is 16.0 Å². The van der Waals surface area contributed by atoms with Crippen LogP contribution in [0.15, 0.2) is 70.3 Å². The van der Waals surface area contributed by atoms with Crippen molar-refractivity contribution < 1.29 is 4.39 Å². The molecular weight excluding hydrogens is 459 g/mol. The second-order valence-corrected chi connectivity index (χ2v) is 8.87. The highest BCUT2D eigenvalue weighted by atomic mass is 19.1. The van der Waals surface area contributed by atoms with E-state index in [4.69, 9.17) is 0 Å². The Morgan fingerprint density at radius 2 is 1.25 bits per heavy atom. The molecular formula is C27H29FN6O2. The molecule has 2 aromatic carbocycles. The topological polar surface area (TPSA) is 98.0 Å². The van der Waals surface area contributed by atoms with Crippen LogP contribution in [0.3, 0.4) is 0 Å². The molecule has 1 aliphatic heterocycles. The van der Waals surface area contributed by atoms with Gasteiger partial charge < -0.3 is 9.80 Å². The first-order valence-electron chi connectivity index (χ1n) is 11.7. The summed E-state index contributed by atoms with van der Waals surface area (Å²) in [6.07, 6.45) is 0. The van der Waals surface area contributed by atoms with Crippen molar-refractivity contribution in [2.24, 2.45) is 0 Å². The molecule has 0 spiro atoms. The van der Waals surface area contributed by atoms with Gasteiger partial charge in [-0.1, -0.05) is 6.07 Å². The van der Waals surface area contributed by atoms with E-state index in [0.29, 0.717) is 11.3 Å². The summed E-state index contributed by atoms with van der Waals surface area (Å²) in [7, 11) is 2.16. The van der Waals surface area contributed by atoms with Crippen LogP contribution in [0.1, 0.15) is 11.1 Å². The zero-order valence-corrected chi connectivity index (χ0v) is 20.6. The van der Waals surface area contributed by atoms with Gasteiger partial charge in [0.25, 0.3) is 11.1 Å². The minimum atomic E-state index is -0.252. The van der Waals surface area contributed by atoms with Gasteiger partial charge in [-0.25, -0.2) is 14.6 Å². The molecule has 0 amide bonds. The van der Waals surface area contributed by atoms with Crippen LogP contribution >= 0.6 is 0 Å². The Hall–Kier alpha value is -4.11. The molecule has 0 saturated carbocycles. The number of piperazine rings is 1. The number of aryl methyl sites for hydroxylation is 2. The summed E-state index contributed by atoms with van der Waals surface area (Å²) in [4.78, 5) is 26.7. The van der Waals surface area contributed by atoms with E-state index in [-0.39, 0.29) is 16.9 Å². The van der Waals surface area contributed by atoms with Crippen LogP contribution in [0.2, 0.25) is 0 Å². The number of rotatable bonds is 3. The molecule has 36 heavy (non-hydrogen) atoms. The van der Waals surface area contributed by atoms with Gasteiger partial charge >= 0.3 is 0 Å². The lowest BCUT2D eigenvalue weighted by Gasteiger charge is -2.35. The number of anilines is 1. The highest BCUT2D eigenvalue weighted by molar-refractivity contribution is 5.66. The molecule has 2 N–H and O–H groups in total. The maximum absolute atomic E-state index is 13.0. The molecule has 0 aliphatic carbocycles. The van der Waals surface area contributed by atoms with Gasteiger partial charge in [-0.2, -0.15) is 10.2 Å². The van der Waals surface area contributed by atoms with Crippen LogP contribution in [0, 0.1) is 19.7 Å². The fraction of sp³-hybridized carbons (Fsp3) is 0.259. The second kappa shape index (κ2) is 11.1. The van der Waals surface area contributed by atoms with E-state index in [0.717, 1.165) is 43.0 Å². The van der Waals surface area contributed by atoms with Gasteiger partial charge in [0.05, 0.1) is 11.4 Å². The SMILES string of the molecule is Cc1cc(-c2ccc(=O)[nH]n2)ccc1F.Cc1cc(-c2ccc(=O)[nH]n2)ccc1N1CCN(C)CC1. The number of nitrogens with zero attached hydrogens (tertiary/aromatic N) is 4. The van der Waals surface area contributed by atoms with Gasteiger partial charge in [0.2, 0.25) is 0 Å². The number of H-pyrrole nitrogens is 2. The summed E-state index contributed by atoms with van der Waals surface area (Å²) >= 11 is 0. The van der Waals surface area contributed by atoms with Crippen LogP contribution in [-0.4, -0.2) is 58.5 Å². The normalized spacial score (nSPS) is 13.7. The fourth-order valence-electron chi connectivity index (χ4n) is 4.03. The first-order valence-corrected chi connectivity index (χ1v) is 11.7. The summed E-state index contributed by atoms with van der Waals surface area (Å²) in [6.45, 7) is 8.14. The molecule has 0 bridgehead atoms. The average molecular weight is 489 g/mol. The molecule has 8 nitrogen and oxygen atoms in total. The third kappa shape index (κ3) is 6.11.